The molecule has 5 nitrogen and oxygen atoms in total. The predicted molar refractivity (Wildman–Crippen MR) is 69.5 cm³/mol. The summed E-state index contributed by atoms with van der Waals surface area (Å²) in [5.74, 6) is 0.281. The van der Waals surface area contributed by atoms with Crippen molar-refractivity contribution in [3.63, 3.8) is 0 Å². The summed E-state index contributed by atoms with van der Waals surface area (Å²) in [7, 11) is 0. The van der Waals surface area contributed by atoms with E-state index in [9.17, 15) is 4.79 Å². The molecule has 5 heteroatoms. The third-order valence-corrected chi connectivity index (χ3v) is 2.65. The maximum Gasteiger partial charge on any atom is 0.340 e. The van der Waals surface area contributed by atoms with E-state index in [0.717, 1.165) is 0 Å². The standard InChI is InChI=1S/C13H20N2O3/c1-5-17-13(16)10-6-12(15-7-11(10)14)18-9(4)8(2)3/h6-9H,5,14H2,1-4H3. The van der Waals surface area contributed by atoms with Crippen LogP contribution in [0.3, 0.4) is 0 Å². The topological polar surface area (TPSA) is 74.4 Å². The molecule has 1 unspecified atom stereocenters. The van der Waals surface area contributed by atoms with Crippen molar-refractivity contribution in [2.24, 2.45) is 5.92 Å². The van der Waals surface area contributed by atoms with Crippen LogP contribution < -0.4 is 10.5 Å². The fraction of sp³-hybridized carbons (Fsp3) is 0.538. The molecule has 1 heterocycles. The second-order valence-electron chi connectivity index (χ2n) is 4.40. The van der Waals surface area contributed by atoms with Gasteiger partial charge in [0.15, 0.2) is 0 Å². The Labute approximate surface area is 107 Å². The molecule has 0 radical (unpaired) electrons. The number of nitrogen functional groups attached to an aromatic ring is 1. The Bertz CT molecular complexity index is 419. The van der Waals surface area contributed by atoms with Gasteiger partial charge in [-0.2, -0.15) is 0 Å². The fourth-order valence-electron chi connectivity index (χ4n) is 1.22. The monoisotopic (exact) mass is 252 g/mol. The van der Waals surface area contributed by atoms with Crippen LogP contribution in [0.5, 0.6) is 5.88 Å². The summed E-state index contributed by atoms with van der Waals surface area (Å²) in [6.07, 6.45) is 1.42. The Morgan fingerprint density at radius 2 is 2.11 bits per heavy atom. The van der Waals surface area contributed by atoms with Gasteiger partial charge in [-0.3, -0.25) is 0 Å². The molecule has 0 bridgehead atoms. The molecule has 1 aromatic rings. The van der Waals surface area contributed by atoms with Gasteiger partial charge in [0, 0.05) is 6.07 Å². The lowest BCUT2D eigenvalue weighted by Crippen LogP contribution is -2.19. The number of hydrogen-bond donors (Lipinski definition) is 1. The predicted octanol–water partition coefficient (Wildman–Crippen LogP) is 2.26. The summed E-state index contributed by atoms with van der Waals surface area (Å²) in [6.45, 7) is 8.10. The number of esters is 1. The number of carbonyl (C=O) groups is 1. The van der Waals surface area contributed by atoms with Crippen LogP contribution in [0.25, 0.3) is 0 Å². The highest BCUT2D eigenvalue weighted by Gasteiger charge is 2.15. The van der Waals surface area contributed by atoms with E-state index in [2.05, 4.69) is 4.98 Å². The highest BCUT2D eigenvalue weighted by atomic mass is 16.5. The number of nitrogens with two attached hydrogens (primary N) is 1. The minimum absolute atomic E-state index is 0.0103. The van der Waals surface area contributed by atoms with Crippen LogP contribution in [-0.2, 0) is 4.74 Å². The molecule has 1 atom stereocenters. The molecule has 0 aliphatic rings. The first-order chi connectivity index (χ1) is 8.45. The van der Waals surface area contributed by atoms with E-state index in [-0.39, 0.29) is 17.4 Å². The molecule has 0 saturated carbocycles. The molecule has 0 aliphatic heterocycles. The van der Waals surface area contributed by atoms with E-state index in [0.29, 0.717) is 18.4 Å². The summed E-state index contributed by atoms with van der Waals surface area (Å²) in [6, 6.07) is 1.52. The number of hydrogen-bond acceptors (Lipinski definition) is 5. The van der Waals surface area contributed by atoms with E-state index in [1.807, 2.05) is 20.8 Å². The van der Waals surface area contributed by atoms with Gasteiger partial charge in [-0.25, -0.2) is 9.78 Å². The first kappa shape index (κ1) is 14.3. The Morgan fingerprint density at radius 1 is 1.44 bits per heavy atom. The van der Waals surface area contributed by atoms with Gasteiger partial charge in [0.05, 0.1) is 30.2 Å². The van der Waals surface area contributed by atoms with E-state index in [4.69, 9.17) is 15.2 Å². The van der Waals surface area contributed by atoms with Gasteiger partial charge in [-0.05, 0) is 19.8 Å². The molecule has 0 amide bonds. The molecule has 0 spiro atoms. The maximum atomic E-state index is 11.7. The number of carbonyl (C=O) groups excluding carboxylic acids is 1. The van der Waals surface area contributed by atoms with Crippen molar-refractivity contribution in [2.45, 2.75) is 33.8 Å². The number of pyridine rings is 1. The van der Waals surface area contributed by atoms with Crippen molar-refractivity contribution >= 4 is 11.7 Å². The Balaban J connectivity index is 2.90. The summed E-state index contributed by atoms with van der Waals surface area (Å²) in [4.78, 5) is 15.7. The minimum Gasteiger partial charge on any atom is -0.474 e. The summed E-state index contributed by atoms with van der Waals surface area (Å²) < 4.78 is 10.5. The number of anilines is 1. The third-order valence-electron chi connectivity index (χ3n) is 2.65. The molecule has 100 valence electrons. The van der Waals surface area contributed by atoms with E-state index >= 15 is 0 Å². The second kappa shape index (κ2) is 6.23. The first-order valence-electron chi connectivity index (χ1n) is 6.05. The summed E-state index contributed by atoms with van der Waals surface area (Å²) in [5.41, 5.74) is 6.27. The van der Waals surface area contributed by atoms with Gasteiger partial charge in [0.1, 0.15) is 0 Å². The number of nitrogens with zero attached hydrogens (tertiary/aromatic N) is 1. The molecular weight excluding hydrogens is 232 g/mol. The van der Waals surface area contributed by atoms with Crippen LogP contribution in [0.15, 0.2) is 12.3 Å². The zero-order valence-electron chi connectivity index (χ0n) is 11.3. The SMILES string of the molecule is CCOC(=O)c1cc(OC(C)C(C)C)ncc1N. The Kier molecular flexibility index (Phi) is 4.95. The van der Waals surface area contributed by atoms with Gasteiger partial charge in [-0.15, -0.1) is 0 Å². The third kappa shape index (κ3) is 3.61. The van der Waals surface area contributed by atoms with Crippen LogP contribution >= 0.6 is 0 Å². The normalized spacial score (nSPS) is 12.3. The van der Waals surface area contributed by atoms with E-state index in [1.54, 1.807) is 6.92 Å². The van der Waals surface area contributed by atoms with Gasteiger partial charge in [-0.1, -0.05) is 13.8 Å². The molecule has 0 fully saturated rings. The van der Waals surface area contributed by atoms with Gasteiger partial charge in [0.25, 0.3) is 0 Å². The van der Waals surface area contributed by atoms with Crippen molar-refractivity contribution in [3.05, 3.63) is 17.8 Å². The highest BCUT2D eigenvalue weighted by molar-refractivity contribution is 5.95. The highest BCUT2D eigenvalue weighted by Crippen LogP contribution is 2.19. The Hall–Kier alpha value is -1.78. The average molecular weight is 252 g/mol. The van der Waals surface area contributed by atoms with Crippen LogP contribution in [0.1, 0.15) is 38.1 Å². The van der Waals surface area contributed by atoms with Gasteiger partial charge < -0.3 is 15.2 Å². The quantitative estimate of drug-likeness (QED) is 0.813. The molecule has 2 N–H and O–H groups in total. The second-order valence-corrected chi connectivity index (χ2v) is 4.40. The largest absolute Gasteiger partial charge is 0.474 e. The van der Waals surface area contributed by atoms with Crippen molar-refractivity contribution in [3.8, 4) is 5.88 Å². The lowest BCUT2D eigenvalue weighted by Gasteiger charge is -2.17. The summed E-state index contributed by atoms with van der Waals surface area (Å²) in [5, 5.41) is 0. The summed E-state index contributed by atoms with van der Waals surface area (Å²) >= 11 is 0. The molecule has 0 aliphatic carbocycles. The fourth-order valence-corrected chi connectivity index (χ4v) is 1.22. The van der Waals surface area contributed by atoms with Gasteiger partial charge >= 0.3 is 5.97 Å². The van der Waals surface area contributed by atoms with E-state index in [1.165, 1.54) is 12.3 Å². The maximum absolute atomic E-state index is 11.7. The molecular formula is C13H20N2O3. The van der Waals surface area contributed by atoms with Crippen LogP contribution in [0.4, 0.5) is 5.69 Å². The zero-order chi connectivity index (χ0) is 13.7. The van der Waals surface area contributed by atoms with E-state index < -0.39 is 5.97 Å². The average Bonchev–Trinajstić information content (AvgIpc) is 2.31. The number of rotatable bonds is 5. The van der Waals surface area contributed by atoms with Crippen molar-refractivity contribution in [2.75, 3.05) is 12.3 Å². The molecule has 0 saturated heterocycles. The van der Waals surface area contributed by atoms with Crippen molar-refractivity contribution < 1.29 is 14.3 Å². The molecule has 1 aromatic heterocycles. The number of ether oxygens (including phenoxy) is 2. The number of aromatic nitrogens is 1. The molecule has 0 aromatic carbocycles. The van der Waals surface area contributed by atoms with Crippen LogP contribution in [-0.4, -0.2) is 23.7 Å². The zero-order valence-corrected chi connectivity index (χ0v) is 11.3. The minimum atomic E-state index is -0.459. The lowest BCUT2D eigenvalue weighted by atomic mass is 10.1. The van der Waals surface area contributed by atoms with Crippen LogP contribution in [0, 0.1) is 5.92 Å². The van der Waals surface area contributed by atoms with Crippen molar-refractivity contribution in [1.82, 2.24) is 4.98 Å². The van der Waals surface area contributed by atoms with Gasteiger partial charge in [0.2, 0.25) is 5.88 Å². The Morgan fingerprint density at radius 3 is 2.67 bits per heavy atom. The molecule has 18 heavy (non-hydrogen) atoms. The molecule has 1 rings (SSSR count). The van der Waals surface area contributed by atoms with Crippen LogP contribution in [0.2, 0.25) is 0 Å². The smallest absolute Gasteiger partial charge is 0.340 e. The van der Waals surface area contributed by atoms with Crippen molar-refractivity contribution in [1.29, 1.82) is 0 Å². The lowest BCUT2D eigenvalue weighted by molar-refractivity contribution is 0.0526. The first-order valence-corrected chi connectivity index (χ1v) is 6.05.